The second kappa shape index (κ2) is 4.84. The van der Waals surface area contributed by atoms with Crippen molar-refractivity contribution >= 4 is 0 Å². The molecule has 88 valence electrons. The van der Waals surface area contributed by atoms with Gasteiger partial charge in [0.1, 0.15) is 0 Å². The molecule has 2 aliphatic carbocycles. The van der Waals surface area contributed by atoms with Gasteiger partial charge in [0.2, 0.25) is 0 Å². The van der Waals surface area contributed by atoms with Crippen molar-refractivity contribution in [2.75, 3.05) is 0 Å². The summed E-state index contributed by atoms with van der Waals surface area (Å²) in [4.78, 5) is 0. The van der Waals surface area contributed by atoms with Gasteiger partial charge < -0.3 is 10.2 Å². The highest BCUT2D eigenvalue weighted by molar-refractivity contribution is 4.88. The van der Waals surface area contributed by atoms with E-state index in [4.69, 9.17) is 0 Å². The molecule has 0 heterocycles. The Morgan fingerprint density at radius 2 is 1.60 bits per heavy atom. The Balaban J connectivity index is 1.90. The van der Waals surface area contributed by atoms with E-state index in [2.05, 4.69) is 0 Å². The summed E-state index contributed by atoms with van der Waals surface area (Å²) in [7, 11) is 0. The lowest BCUT2D eigenvalue weighted by molar-refractivity contribution is -0.00953. The first-order valence-corrected chi connectivity index (χ1v) is 6.60. The molecule has 0 aromatic heterocycles. The van der Waals surface area contributed by atoms with Crippen LogP contribution in [0, 0.1) is 5.92 Å². The van der Waals surface area contributed by atoms with Gasteiger partial charge in [0, 0.05) is 0 Å². The predicted octanol–water partition coefficient (Wildman–Crippen LogP) is 2.62. The summed E-state index contributed by atoms with van der Waals surface area (Å²) in [6.45, 7) is 0. The van der Waals surface area contributed by atoms with Crippen LogP contribution in [0.1, 0.15) is 64.2 Å². The lowest BCUT2D eigenvalue weighted by Crippen LogP contribution is -2.32. The van der Waals surface area contributed by atoms with E-state index in [9.17, 15) is 10.2 Å². The molecule has 0 radical (unpaired) electrons. The zero-order valence-corrected chi connectivity index (χ0v) is 9.62. The standard InChI is InChI=1S/C13H24O2/c14-12-7-3-1-2-6-11(12)10-13(15)8-4-5-9-13/h11-12,14-15H,1-10H2. The van der Waals surface area contributed by atoms with E-state index < -0.39 is 5.60 Å². The van der Waals surface area contributed by atoms with Gasteiger partial charge in [0.25, 0.3) is 0 Å². The number of aliphatic hydroxyl groups excluding tert-OH is 1. The minimum Gasteiger partial charge on any atom is -0.393 e. The monoisotopic (exact) mass is 212 g/mol. The highest BCUT2D eigenvalue weighted by Crippen LogP contribution is 2.38. The molecule has 15 heavy (non-hydrogen) atoms. The van der Waals surface area contributed by atoms with Gasteiger partial charge in [-0.1, -0.05) is 32.1 Å². The summed E-state index contributed by atoms with van der Waals surface area (Å²) >= 11 is 0. The van der Waals surface area contributed by atoms with Gasteiger partial charge in [-0.3, -0.25) is 0 Å². The van der Waals surface area contributed by atoms with Crippen LogP contribution in [0.25, 0.3) is 0 Å². The minimum absolute atomic E-state index is 0.155. The van der Waals surface area contributed by atoms with E-state index in [1.54, 1.807) is 0 Å². The van der Waals surface area contributed by atoms with E-state index in [-0.39, 0.29) is 6.10 Å². The van der Waals surface area contributed by atoms with Crippen LogP contribution in [0.4, 0.5) is 0 Å². The maximum atomic E-state index is 10.3. The molecule has 2 rings (SSSR count). The minimum atomic E-state index is -0.435. The van der Waals surface area contributed by atoms with E-state index in [1.807, 2.05) is 0 Å². The molecule has 0 spiro atoms. The molecule has 2 fully saturated rings. The first kappa shape index (κ1) is 11.4. The van der Waals surface area contributed by atoms with Gasteiger partial charge in [0.15, 0.2) is 0 Å². The quantitative estimate of drug-likeness (QED) is 0.691. The van der Waals surface area contributed by atoms with Crippen LogP contribution in [0.3, 0.4) is 0 Å². The SMILES string of the molecule is OC1CCCCCC1CC1(O)CCCC1. The van der Waals surface area contributed by atoms with Crippen molar-refractivity contribution in [2.45, 2.75) is 75.9 Å². The van der Waals surface area contributed by atoms with Gasteiger partial charge in [-0.15, -0.1) is 0 Å². The normalized spacial score (nSPS) is 36.4. The van der Waals surface area contributed by atoms with Crippen molar-refractivity contribution in [3.63, 3.8) is 0 Å². The molecule has 0 amide bonds. The lowest BCUT2D eigenvalue weighted by atomic mass is 9.83. The number of rotatable bonds is 2. The molecule has 0 saturated heterocycles. The van der Waals surface area contributed by atoms with E-state index in [0.29, 0.717) is 5.92 Å². The van der Waals surface area contributed by atoms with Gasteiger partial charge >= 0.3 is 0 Å². The summed E-state index contributed by atoms with van der Waals surface area (Å²) in [6.07, 6.45) is 10.6. The zero-order chi connectivity index (χ0) is 10.7. The number of aliphatic hydroxyl groups is 2. The van der Waals surface area contributed by atoms with Crippen LogP contribution in [-0.4, -0.2) is 21.9 Å². The summed E-state index contributed by atoms with van der Waals surface area (Å²) in [5.41, 5.74) is -0.435. The average molecular weight is 212 g/mol. The molecular weight excluding hydrogens is 188 g/mol. The molecule has 0 aromatic carbocycles. The third-order valence-electron chi connectivity index (χ3n) is 4.30. The molecule has 2 atom stereocenters. The van der Waals surface area contributed by atoms with Crippen LogP contribution in [0.5, 0.6) is 0 Å². The van der Waals surface area contributed by atoms with Gasteiger partial charge in [-0.05, 0) is 38.0 Å². The molecule has 0 bridgehead atoms. The van der Waals surface area contributed by atoms with Crippen molar-refractivity contribution in [1.82, 2.24) is 0 Å². The fraction of sp³-hybridized carbons (Fsp3) is 1.00. The van der Waals surface area contributed by atoms with Gasteiger partial charge in [-0.25, -0.2) is 0 Å². The molecular formula is C13H24O2. The van der Waals surface area contributed by atoms with Crippen LogP contribution in [0.2, 0.25) is 0 Å². The maximum absolute atomic E-state index is 10.3. The third-order valence-corrected chi connectivity index (χ3v) is 4.30. The molecule has 2 aliphatic rings. The summed E-state index contributed by atoms with van der Waals surface area (Å²) in [5.74, 6) is 0.357. The fourth-order valence-corrected chi connectivity index (χ4v) is 3.33. The Labute approximate surface area is 92.7 Å². The summed E-state index contributed by atoms with van der Waals surface area (Å²) in [6, 6.07) is 0. The van der Waals surface area contributed by atoms with Crippen molar-refractivity contribution in [3.05, 3.63) is 0 Å². The van der Waals surface area contributed by atoms with Crippen molar-refractivity contribution < 1.29 is 10.2 Å². The van der Waals surface area contributed by atoms with E-state index in [0.717, 1.165) is 38.5 Å². The van der Waals surface area contributed by atoms with Crippen molar-refractivity contribution in [3.8, 4) is 0 Å². The highest BCUT2D eigenvalue weighted by Gasteiger charge is 2.36. The Kier molecular flexibility index (Phi) is 3.68. The van der Waals surface area contributed by atoms with Crippen molar-refractivity contribution in [2.24, 2.45) is 5.92 Å². The number of hydrogen-bond donors (Lipinski definition) is 2. The van der Waals surface area contributed by atoms with Crippen LogP contribution < -0.4 is 0 Å². The van der Waals surface area contributed by atoms with Crippen molar-refractivity contribution in [1.29, 1.82) is 0 Å². The third kappa shape index (κ3) is 2.94. The molecule has 2 heteroatoms. The summed E-state index contributed by atoms with van der Waals surface area (Å²) in [5, 5.41) is 20.4. The van der Waals surface area contributed by atoms with Gasteiger partial charge in [0.05, 0.1) is 11.7 Å². The smallest absolute Gasteiger partial charge is 0.0651 e. The Morgan fingerprint density at radius 3 is 2.33 bits per heavy atom. The zero-order valence-electron chi connectivity index (χ0n) is 9.62. The van der Waals surface area contributed by atoms with Crippen LogP contribution in [-0.2, 0) is 0 Å². The topological polar surface area (TPSA) is 40.5 Å². The first-order chi connectivity index (χ1) is 7.20. The Bertz CT molecular complexity index is 197. The Morgan fingerprint density at radius 1 is 0.933 bits per heavy atom. The Hall–Kier alpha value is -0.0800. The average Bonchev–Trinajstić information content (AvgIpc) is 2.53. The maximum Gasteiger partial charge on any atom is 0.0651 e. The molecule has 2 saturated carbocycles. The number of hydrogen-bond acceptors (Lipinski definition) is 2. The van der Waals surface area contributed by atoms with Gasteiger partial charge in [-0.2, -0.15) is 0 Å². The molecule has 2 N–H and O–H groups in total. The second-order valence-electron chi connectivity index (χ2n) is 5.60. The second-order valence-corrected chi connectivity index (χ2v) is 5.60. The first-order valence-electron chi connectivity index (χ1n) is 6.60. The largest absolute Gasteiger partial charge is 0.393 e. The molecule has 2 unspecified atom stereocenters. The summed E-state index contributed by atoms with van der Waals surface area (Å²) < 4.78 is 0. The van der Waals surface area contributed by atoms with Crippen LogP contribution in [0.15, 0.2) is 0 Å². The molecule has 2 nitrogen and oxygen atoms in total. The lowest BCUT2D eigenvalue weighted by Gasteiger charge is -2.30. The van der Waals surface area contributed by atoms with E-state index in [1.165, 1.54) is 25.7 Å². The predicted molar refractivity (Wildman–Crippen MR) is 60.6 cm³/mol. The molecule has 0 aliphatic heterocycles. The highest BCUT2D eigenvalue weighted by atomic mass is 16.3. The van der Waals surface area contributed by atoms with E-state index >= 15 is 0 Å². The molecule has 0 aromatic rings. The van der Waals surface area contributed by atoms with Crippen LogP contribution >= 0.6 is 0 Å². The fourth-order valence-electron chi connectivity index (χ4n) is 3.33.